The first-order valence-corrected chi connectivity index (χ1v) is 11.0. The Kier molecular flexibility index (Phi) is 6.43. The van der Waals surface area contributed by atoms with Crippen molar-refractivity contribution in [3.8, 4) is 5.75 Å². The summed E-state index contributed by atoms with van der Waals surface area (Å²) in [6.45, 7) is 4.57. The third-order valence-electron chi connectivity index (χ3n) is 5.20. The number of benzene rings is 2. The van der Waals surface area contributed by atoms with Gasteiger partial charge in [-0.1, -0.05) is 24.3 Å². The minimum Gasteiger partial charge on any atom is -0.489 e. The molecule has 0 aliphatic heterocycles. The van der Waals surface area contributed by atoms with E-state index in [1.54, 1.807) is 12.4 Å². The van der Waals surface area contributed by atoms with Gasteiger partial charge in [0.2, 0.25) is 0 Å². The molecule has 0 aliphatic rings. The Morgan fingerprint density at radius 1 is 0.968 bits per heavy atom. The summed E-state index contributed by atoms with van der Waals surface area (Å²) in [4.78, 5) is 17.3. The molecular formula is C26H24N2O2S. The first-order valence-electron chi connectivity index (χ1n) is 10.1. The van der Waals surface area contributed by atoms with Gasteiger partial charge in [-0.25, -0.2) is 0 Å². The number of aryl methyl sites for hydroxylation is 1. The van der Waals surface area contributed by atoms with Crippen molar-refractivity contribution in [2.24, 2.45) is 0 Å². The molecule has 0 radical (unpaired) electrons. The van der Waals surface area contributed by atoms with Gasteiger partial charge in [0.15, 0.2) is 0 Å². The first-order chi connectivity index (χ1) is 15.1. The van der Waals surface area contributed by atoms with Gasteiger partial charge in [0.05, 0.1) is 4.88 Å². The van der Waals surface area contributed by atoms with E-state index >= 15 is 0 Å². The molecule has 0 saturated carbocycles. The van der Waals surface area contributed by atoms with Crippen LogP contribution in [0.15, 0.2) is 78.4 Å². The molecule has 0 saturated heterocycles. The van der Waals surface area contributed by atoms with Crippen LogP contribution in [0.1, 0.15) is 37.5 Å². The molecule has 0 fully saturated rings. The number of carbonyl (C=O) groups excluding carboxylic acids is 1. The number of hydrogen-bond donors (Lipinski definition) is 1. The summed E-state index contributed by atoms with van der Waals surface area (Å²) >= 11 is 1.43. The van der Waals surface area contributed by atoms with Crippen molar-refractivity contribution in [2.45, 2.75) is 26.9 Å². The maximum absolute atomic E-state index is 12.6. The Morgan fingerprint density at radius 3 is 2.48 bits per heavy atom. The van der Waals surface area contributed by atoms with Crippen molar-refractivity contribution in [1.82, 2.24) is 4.98 Å². The lowest BCUT2D eigenvalue weighted by atomic mass is 10.1. The van der Waals surface area contributed by atoms with Gasteiger partial charge in [-0.2, -0.15) is 0 Å². The molecule has 4 nitrogen and oxygen atoms in total. The SMILES string of the molecule is Cc1cccc(OCc2csc(C(=O)Nc3ccc(Cc4ccncc4)cc3)c2)c1C. The summed E-state index contributed by atoms with van der Waals surface area (Å²) in [5.74, 6) is 0.772. The highest BCUT2D eigenvalue weighted by Gasteiger charge is 2.11. The molecule has 2 aromatic heterocycles. The second kappa shape index (κ2) is 9.58. The average molecular weight is 429 g/mol. The quantitative estimate of drug-likeness (QED) is 0.382. The van der Waals surface area contributed by atoms with E-state index in [-0.39, 0.29) is 5.91 Å². The van der Waals surface area contributed by atoms with E-state index in [0.29, 0.717) is 11.5 Å². The number of nitrogens with zero attached hydrogens (tertiary/aromatic N) is 1. The lowest BCUT2D eigenvalue weighted by molar-refractivity contribution is 0.103. The fourth-order valence-corrected chi connectivity index (χ4v) is 4.04. The molecule has 4 rings (SSSR count). The van der Waals surface area contributed by atoms with E-state index in [0.717, 1.165) is 29.0 Å². The van der Waals surface area contributed by atoms with Crippen molar-refractivity contribution in [3.63, 3.8) is 0 Å². The molecule has 156 valence electrons. The monoisotopic (exact) mass is 428 g/mol. The van der Waals surface area contributed by atoms with E-state index in [2.05, 4.69) is 30.2 Å². The maximum Gasteiger partial charge on any atom is 0.265 e. The maximum atomic E-state index is 12.6. The predicted molar refractivity (Wildman–Crippen MR) is 126 cm³/mol. The van der Waals surface area contributed by atoms with E-state index in [4.69, 9.17) is 4.74 Å². The third-order valence-corrected chi connectivity index (χ3v) is 6.17. The minimum absolute atomic E-state index is 0.107. The van der Waals surface area contributed by atoms with Gasteiger partial charge in [-0.05, 0) is 84.3 Å². The Balaban J connectivity index is 1.34. The molecule has 2 heterocycles. The Hall–Kier alpha value is -3.44. The normalized spacial score (nSPS) is 10.6. The van der Waals surface area contributed by atoms with Gasteiger partial charge in [0, 0.05) is 23.6 Å². The van der Waals surface area contributed by atoms with Crippen LogP contribution in [-0.2, 0) is 13.0 Å². The number of thiophene rings is 1. The molecule has 5 heteroatoms. The van der Waals surface area contributed by atoms with Crippen LogP contribution in [0.4, 0.5) is 5.69 Å². The van der Waals surface area contributed by atoms with E-state index < -0.39 is 0 Å². The Morgan fingerprint density at radius 2 is 1.71 bits per heavy atom. The number of aromatic nitrogens is 1. The molecule has 1 amide bonds. The zero-order valence-corrected chi connectivity index (χ0v) is 18.4. The molecule has 4 aromatic rings. The summed E-state index contributed by atoms with van der Waals surface area (Å²) in [7, 11) is 0. The van der Waals surface area contributed by atoms with Crippen LogP contribution in [0.25, 0.3) is 0 Å². The number of carbonyl (C=O) groups is 1. The van der Waals surface area contributed by atoms with Crippen LogP contribution in [0.5, 0.6) is 5.75 Å². The summed E-state index contributed by atoms with van der Waals surface area (Å²) in [6.07, 6.45) is 4.43. The van der Waals surface area contributed by atoms with Crippen LogP contribution < -0.4 is 10.1 Å². The summed E-state index contributed by atoms with van der Waals surface area (Å²) in [6, 6.07) is 19.9. The van der Waals surface area contributed by atoms with Gasteiger partial charge in [0.1, 0.15) is 12.4 Å². The second-order valence-electron chi connectivity index (χ2n) is 7.49. The van der Waals surface area contributed by atoms with Crippen molar-refractivity contribution < 1.29 is 9.53 Å². The lowest BCUT2D eigenvalue weighted by Crippen LogP contribution is -2.10. The van der Waals surface area contributed by atoms with Crippen molar-refractivity contribution in [2.75, 3.05) is 5.32 Å². The molecule has 0 aliphatic carbocycles. The van der Waals surface area contributed by atoms with Crippen LogP contribution in [0.2, 0.25) is 0 Å². The number of nitrogens with one attached hydrogen (secondary N) is 1. The topological polar surface area (TPSA) is 51.2 Å². The molecule has 0 spiro atoms. The molecule has 0 bridgehead atoms. The molecule has 0 unspecified atom stereocenters. The van der Waals surface area contributed by atoms with Gasteiger partial charge >= 0.3 is 0 Å². The van der Waals surface area contributed by atoms with Crippen LogP contribution >= 0.6 is 11.3 Å². The van der Waals surface area contributed by atoms with Crippen molar-refractivity contribution >= 4 is 22.9 Å². The van der Waals surface area contributed by atoms with E-state index in [1.165, 1.54) is 28.0 Å². The second-order valence-corrected chi connectivity index (χ2v) is 8.40. The van der Waals surface area contributed by atoms with Gasteiger partial charge in [0.25, 0.3) is 5.91 Å². The van der Waals surface area contributed by atoms with Gasteiger partial charge in [-0.15, -0.1) is 11.3 Å². The highest BCUT2D eigenvalue weighted by atomic mass is 32.1. The largest absolute Gasteiger partial charge is 0.489 e. The highest BCUT2D eigenvalue weighted by molar-refractivity contribution is 7.12. The number of pyridine rings is 1. The lowest BCUT2D eigenvalue weighted by Gasteiger charge is -2.09. The van der Waals surface area contributed by atoms with E-state index in [9.17, 15) is 4.79 Å². The van der Waals surface area contributed by atoms with Crippen molar-refractivity contribution in [3.05, 3.63) is 111 Å². The molecule has 2 aromatic carbocycles. The Bertz CT molecular complexity index is 1170. The average Bonchev–Trinajstić information content (AvgIpc) is 3.26. The molecule has 1 N–H and O–H groups in total. The first kappa shape index (κ1) is 20.8. The number of ether oxygens (including phenoxy) is 1. The number of anilines is 1. The number of hydrogen-bond acceptors (Lipinski definition) is 4. The molecular weight excluding hydrogens is 404 g/mol. The summed E-state index contributed by atoms with van der Waals surface area (Å²) < 4.78 is 5.95. The zero-order valence-electron chi connectivity index (χ0n) is 17.6. The van der Waals surface area contributed by atoms with Crippen LogP contribution in [0.3, 0.4) is 0 Å². The molecule has 0 atom stereocenters. The summed E-state index contributed by atoms with van der Waals surface area (Å²) in [5, 5.41) is 4.94. The fraction of sp³-hybridized carbons (Fsp3) is 0.154. The van der Waals surface area contributed by atoms with Crippen molar-refractivity contribution in [1.29, 1.82) is 0 Å². The Labute approximate surface area is 186 Å². The standard InChI is InChI=1S/C26H24N2O2S/c1-18-4-3-5-24(19(18)2)30-16-22-15-25(31-17-22)26(29)28-23-8-6-20(7-9-23)14-21-10-12-27-13-11-21/h3-13,15,17H,14,16H2,1-2H3,(H,28,29). The smallest absolute Gasteiger partial charge is 0.265 e. The van der Waals surface area contributed by atoms with Crippen LogP contribution in [0, 0.1) is 13.8 Å². The van der Waals surface area contributed by atoms with Crippen LogP contribution in [-0.4, -0.2) is 10.9 Å². The predicted octanol–water partition coefficient (Wildman–Crippen LogP) is 6.18. The summed E-state index contributed by atoms with van der Waals surface area (Å²) in [5.41, 5.74) is 6.51. The fourth-order valence-electron chi connectivity index (χ4n) is 3.25. The highest BCUT2D eigenvalue weighted by Crippen LogP contribution is 2.23. The number of rotatable bonds is 7. The van der Waals surface area contributed by atoms with Gasteiger partial charge in [-0.3, -0.25) is 9.78 Å². The minimum atomic E-state index is -0.107. The number of amides is 1. The zero-order chi connectivity index (χ0) is 21.6. The molecule has 31 heavy (non-hydrogen) atoms. The van der Waals surface area contributed by atoms with E-state index in [1.807, 2.05) is 60.0 Å². The third kappa shape index (κ3) is 5.38. The van der Waals surface area contributed by atoms with Gasteiger partial charge < -0.3 is 10.1 Å².